The topological polar surface area (TPSA) is 57.3 Å². The first kappa shape index (κ1) is 18.9. The highest BCUT2D eigenvalue weighted by Crippen LogP contribution is 2.36. The molecule has 0 radical (unpaired) electrons. The molecule has 0 saturated heterocycles. The molecule has 25 heavy (non-hydrogen) atoms. The molecule has 2 rings (SSSR count). The molecule has 0 fully saturated rings. The van der Waals surface area contributed by atoms with Gasteiger partial charge in [0.05, 0.1) is 10.6 Å². The van der Waals surface area contributed by atoms with Gasteiger partial charge >= 0.3 is 12.2 Å². The predicted octanol–water partition coefficient (Wildman–Crippen LogP) is 4.14. The van der Waals surface area contributed by atoms with Gasteiger partial charge in [-0.1, -0.05) is 17.7 Å². The monoisotopic (exact) mass is 372 g/mol. The Morgan fingerprint density at radius 2 is 1.96 bits per heavy atom. The fraction of sp³-hybridized carbons (Fsp3) is 0.250. The molecule has 1 aromatic carbocycles. The van der Waals surface area contributed by atoms with E-state index in [0.29, 0.717) is 0 Å². The van der Waals surface area contributed by atoms with Crippen molar-refractivity contribution in [2.24, 2.45) is 0 Å². The van der Waals surface area contributed by atoms with Gasteiger partial charge in [0.1, 0.15) is 5.82 Å². The Morgan fingerprint density at radius 1 is 1.24 bits per heavy atom. The molecule has 2 aromatic rings. The second-order valence-corrected chi connectivity index (χ2v) is 5.83. The summed E-state index contributed by atoms with van der Waals surface area (Å²) in [6.07, 6.45) is -2.98. The van der Waals surface area contributed by atoms with Crippen LogP contribution in [0.2, 0.25) is 5.02 Å². The fourth-order valence-corrected chi connectivity index (χ4v) is 2.19. The highest BCUT2D eigenvalue weighted by molar-refractivity contribution is 6.31. The number of rotatable bonds is 4. The summed E-state index contributed by atoms with van der Waals surface area (Å²) in [4.78, 5) is 17.9. The molecule has 0 saturated carbocycles. The average Bonchev–Trinajstić information content (AvgIpc) is 2.54. The van der Waals surface area contributed by atoms with Crippen molar-refractivity contribution in [1.29, 1.82) is 0 Å². The summed E-state index contributed by atoms with van der Waals surface area (Å²) in [5.41, 5.74) is -0.251. The number of pyridine rings is 1. The average molecular weight is 373 g/mol. The number of nitrogens with one attached hydrogen (secondary N) is 2. The third-order valence-electron chi connectivity index (χ3n) is 3.25. The molecule has 1 heterocycles. The van der Waals surface area contributed by atoms with E-state index in [1.165, 1.54) is 6.07 Å². The number of alkyl halides is 3. The fourth-order valence-electron chi connectivity index (χ4n) is 1.96. The maximum absolute atomic E-state index is 12.8. The largest absolute Gasteiger partial charge is 0.417 e. The normalized spacial score (nSPS) is 11.1. The van der Waals surface area contributed by atoms with Crippen LogP contribution in [0.15, 0.2) is 36.5 Å². The predicted molar refractivity (Wildman–Crippen MR) is 90.9 cm³/mol. The molecular formula is C16H16ClF3N4O. The second-order valence-electron chi connectivity index (χ2n) is 5.42. The van der Waals surface area contributed by atoms with E-state index in [0.717, 1.165) is 23.5 Å². The minimum absolute atomic E-state index is 0.00435. The van der Waals surface area contributed by atoms with E-state index in [1.807, 2.05) is 19.0 Å². The molecule has 2 N–H and O–H groups in total. The van der Waals surface area contributed by atoms with E-state index in [-0.39, 0.29) is 12.2 Å². The van der Waals surface area contributed by atoms with Crippen molar-refractivity contribution >= 4 is 29.1 Å². The van der Waals surface area contributed by atoms with Gasteiger partial charge in [-0.3, -0.25) is 0 Å². The summed E-state index contributed by atoms with van der Waals surface area (Å²) in [6.45, 7) is 0.187. The highest BCUT2D eigenvalue weighted by atomic mass is 35.5. The lowest BCUT2D eigenvalue weighted by atomic mass is 10.2. The molecular weight excluding hydrogens is 357 g/mol. The molecule has 0 unspecified atom stereocenters. The van der Waals surface area contributed by atoms with E-state index >= 15 is 0 Å². The number of aromatic nitrogens is 1. The van der Waals surface area contributed by atoms with Crippen molar-refractivity contribution < 1.29 is 18.0 Å². The number of amides is 2. The van der Waals surface area contributed by atoms with E-state index in [4.69, 9.17) is 11.6 Å². The number of benzene rings is 1. The summed E-state index contributed by atoms with van der Waals surface area (Å²) < 4.78 is 38.4. The summed E-state index contributed by atoms with van der Waals surface area (Å²) in [7, 11) is 3.71. The zero-order valence-corrected chi connectivity index (χ0v) is 14.2. The standard InChI is InChI=1S/C16H16ClF3N4O/c1-24(2)14-6-3-10(8-21-14)9-22-15(25)23-11-4-5-13(17)12(7-11)16(18,19)20/h3-8H,9H2,1-2H3,(H2,22,23,25). The van der Waals surface area contributed by atoms with Gasteiger partial charge in [0.2, 0.25) is 0 Å². The summed E-state index contributed by atoms with van der Waals surface area (Å²) in [6, 6.07) is 6.13. The summed E-state index contributed by atoms with van der Waals surface area (Å²) in [5.74, 6) is 0.772. The third kappa shape index (κ3) is 5.25. The van der Waals surface area contributed by atoms with E-state index in [1.54, 1.807) is 18.3 Å². The SMILES string of the molecule is CN(C)c1ccc(CNC(=O)Nc2ccc(Cl)c(C(F)(F)F)c2)cn1. The Morgan fingerprint density at radius 3 is 2.52 bits per heavy atom. The zero-order valence-electron chi connectivity index (χ0n) is 13.5. The Hall–Kier alpha value is -2.48. The van der Waals surface area contributed by atoms with Gasteiger partial charge in [0.15, 0.2) is 0 Å². The van der Waals surface area contributed by atoms with Gasteiger partial charge < -0.3 is 15.5 Å². The van der Waals surface area contributed by atoms with E-state index in [9.17, 15) is 18.0 Å². The number of carbonyl (C=O) groups excluding carboxylic acids is 1. The van der Waals surface area contributed by atoms with Crippen LogP contribution in [0.25, 0.3) is 0 Å². The van der Waals surface area contributed by atoms with Crippen molar-refractivity contribution in [3.63, 3.8) is 0 Å². The Balaban J connectivity index is 1.96. The van der Waals surface area contributed by atoms with Gasteiger partial charge in [-0.15, -0.1) is 0 Å². The van der Waals surface area contributed by atoms with Crippen LogP contribution in [0.3, 0.4) is 0 Å². The van der Waals surface area contributed by atoms with Crippen LogP contribution in [0, 0.1) is 0 Å². The maximum atomic E-state index is 12.8. The van der Waals surface area contributed by atoms with Crippen molar-refractivity contribution in [3.05, 3.63) is 52.7 Å². The second kappa shape index (κ2) is 7.60. The van der Waals surface area contributed by atoms with Crippen molar-refractivity contribution in [2.45, 2.75) is 12.7 Å². The van der Waals surface area contributed by atoms with E-state index in [2.05, 4.69) is 15.6 Å². The van der Waals surface area contributed by atoms with Gasteiger partial charge in [-0.2, -0.15) is 13.2 Å². The van der Waals surface area contributed by atoms with Crippen LogP contribution in [0.5, 0.6) is 0 Å². The number of carbonyl (C=O) groups is 1. The molecule has 1 aromatic heterocycles. The molecule has 0 aliphatic rings. The number of urea groups is 1. The van der Waals surface area contributed by atoms with Gasteiger partial charge in [-0.05, 0) is 29.8 Å². The van der Waals surface area contributed by atoms with Crippen molar-refractivity contribution in [2.75, 3.05) is 24.3 Å². The highest BCUT2D eigenvalue weighted by Gasteiger charge is 2.33. The minimum atomic E-state index is -4.59. The quantitative estimate of drug-likeness (QED) is 0.848. The molecule has 9 heteroatoms. The number of hydrogen-bond donors (Lipinski definition) is 2. The summed E-state index contributed by atoms with van der Waals surface area (Å²) in [5, 5.41) is 4.47. The molecule has 0 atom stereocenters. The number of halogens is 4. The number of hydrogen-bond acceptors (Lipinski definition) is 3. The van der Waals surface area contributed by atoms with Crippen LogP contribution >= 0.6 is 11.6 Å². The van der Waals surface area contributed by atoms with Crippen molar-refractivity contribution in [1.82, 2.24) is 10.3 Å². The van der Waals surface area contributed by atoms with Gasteiger partial charge in [0.25, 0.3) is 0 Å². The number of nitrogens with zero attached hydrogens (tertiary/aromatic N) is 2. The molecule has 2 amide bonds. The zero-order chi connectivity index (χ0) is 18.6. The Kier molecular flexibility index (Phi) is 5.73. The van der Waals surface area contributed by atoms with Crippen LogP contribution in [0.1, 0.15) is 11.1 Å². The lowest BCUT2D eigenvalue weighted by molar-refractivity contribution is -0.137. The smallest absolute Gasteiger partial charge is 0.363 e. The minimum Gasteiger partial charge on any atom is -0.363 e. The van der Waals surface area contributed by atoms with Gasteiger partial charge in [0, 0.05) is 32.5 Å². The Labute approximate surface area is 147 Å². The summed E-state index contributed by atoms with van der Waals surface area (Å²) >= 11 is 5.53. The molecule has 0 spiro atoms. The first-order chi connectivity index (χ1) is 11.7. The third-order valence-corrected chi connectivity index (χ3v) is 3.58. The van der Waals surface area contributed by atoms with Crippen LogP contribution in [-0.4, -0.2) is 25.1 Å². The van der Waals surface area contributed by atoms with Crippen LogP contribution in [0.4, 0.5) is 29.5 Å². The molecule has 134 valence electrons. The first-order valence-corrected chi connectivity index (χ1v) is 7.58. The lowest BCUT2D eigenvalue weighted by Crippen LogP contribution is -2.28. The molecule has 0 aliphatic heterocycles. The van der Waals surface area contributed by atoms with Crippen LogP contribution < -0.4 is 15.5 Å². The lowest BCUT2D eigenvalue weighted by Gasteiger charge is -2.13. The molecule has 0 aliphatic carbocycles. The van der Waals surface area contributed by atoms with Crippen LogP contribution in [-0.2, 0) is 12.7 Å². The molecule has 5 nitrogen and oxygen atoms in total. The molecule has 0 bridgehead atoms. The van der Waals surface area contributed by atoms with E-state index < -0.39 is 22.8 Å². The van der Waals surface area contributed by atoms with Crippen molar-refractivity contribution in [3.8, 4) is 0 Å². The Bertz CT molecular complexity index is 748. The first-order valence-electron chi connectivity index (χ1n) is 7.20. The number of anilines is 2. The maximum Gasteiger partial charge on any atom is 0.417 e. The van der Waals surface area contributed by atoms with Gasteiger partial charge in [-0.25, -0.2) is 9.78 Å².